The van der Waals surface area contributed by atoms with Crippen LogP contribution in [0.2, 0.25) is 0 Å². The van der Waals surface area contributed by atoms with Crippen LogP contribution in [0.5, 0.6) is 11.5 Å². The van der Waals surface area contributed by atoms with Crippen LogP contribution in [0.3, 0.4) is 0 Å². The van der Waals surface area contributed by atoms with E-state index in [1.807, 2.05) is 6.07 Å². The molecule has 1 heterocycles. The van der Waals surface area contributed by atoms with Gasteiger partial charge in [-0.25, -0.2) is 5.10 Å². The van der Waals surface area contributed by atoms with Gasteiger partial charge in [-0.3, -0.25) is 9.59 Å². The van der Waals surface area contributed by atoms with E-state index >= 15 is 0 Å². The zero-order chi connectivity index (χ0) is 21.9. The number of anilines is 1. The van der Waals surface area contributed by atoms with E-state index in [2.05, 4.69) is 36.3 Å². The average Bonchev–Trinajstić information content (AvgIpc) is 2.72. The lowest BCUT2D eigenvalue weighted by molar-refractivity contribution is 0.102. The summed E-state index contributed by atoms with van der Waals surface area (Å²) < 4.78 is 10.5. The van der Waals surface area contributed by atoms with Gasteiger partial charge in [-0.2, -0.15) is 5.10 Å². The van der Waals surface area contributed by atoms with Gasteiger partial charge in [0.05, 0.1) is 25.3 Å². The summed E-state index contributed by atoms with van der Waals surface area (Å²) >= 11 is 0. The molecule has 3 rings (SSSR count). The Hall–Kier alpha value is -3.35. The normalized spacial score (nSPS) is 11.4. The number of carbonyl (C=O) groups is 1. The fraction of sp³-hybridized carbons (Fsp3) is 0.348. The molecule has 2 aromatic carbocycles. The number of carbonyl (C=O) groups excluding carboxylic acids is 1. The molecular formula is C23H27N3O4. The molecule has 1 aromatic heterocycles. The Kier molecular flexibility index (Phi) is 6.10. The molecule has 0 unspecified atom stereocenters. The highest BCUT2D eigenvalue weighted by Crippen LogP contribution is 2.28. The number of hydrogen-bond acceptors (Lipinski definition) is 5. The lowest BCUT2D eigenvalue weighted by Gasteiger charge is -2.17. The fourth-order valence-electron chi connectivity index (χ4n) is 3.16. The first-order valence-corrected chi connectivity index (χ1v) is 9.76. The van der Waals surface area contributed by atoms with Crippen molar-refractivity contribution in [1.29, 1.82) is 0 Å². The molecule has 0 spiro atoms. The Morgan fingerprint density at radius 3 is 2.43 bits per heavy atom. The van der Waals surface area contributed by atoms with E-state index in [4.69, 9.17) is 9.47 Å². The van der Waals surface area contributed by atoms with Crippen molar-refractivity contribution in [2.75, 3.05) is 19.5 Å². The van der Waals surface area contributed by atoms with Crippen molar-refractivity contribution in [3.05, 3.63) is 58.0 Å². The summed E-state index contributed by atoms with van der Waals surface area (Å²) in [5.41, 5.74) is 1.67. The number of benzene rings is 2. The van der Waals surface area contributed by atoms with Crippen LogP contribution < -0.4 is 20.3 Å². The lowest BCUT2D eigenvalue weighted by Crippen LogP contribution is -2.15. The quantitative estimate of drug-likeness (QED) is 0.637. The molecular weight excluding hydrogens is 382 g/mol. The summed E-state index contributed by atoms with van der Waals surface area (Å²) in [5, 5.41) is 10.9. The van der Waals surface area contributed by atoms with Gasteiger partial charge in [0, 0.05) is 16.6 Å². The molecule has 0 radical (unpaired) electrons. The molecule has 0 atom stereocenters. The van der Waals surface area contributed by atoms with Crippen LogP contribution in [-0.2, 0) is 6.42 Å². The van der Waals surface area contributed by atoms with Gasteiger partial charge in [0.25, 0.3) is 11.5 Å². The fourth-order valence-corrected chi connectivity index (χ4v) is 3.16. The van der Waals surface area contributed by atoms with Crippen molar-refractivity contribution >= 4 is 22.4 Å². The van der Waals surface area contributed by atoms with Crippen LogP contribution >= 0.6 is 0 Å². The van der Waals surface area contributed by atoms with Crippen LogP contribution in [0.4, 0.5) is 5.69 Å². The molecule has 158 valence electrons. The van der Waals surface area contributed by atoms with Gasteiger partial charge in [-0.1, -0.05) is 26.8 Å². The van der Waals surface area contributed by atoms with E-state index in [0.717, 1.165) is 23.9 Å². The van der Waals surface area contributed by atoms with Crippen LogP contribution in [0.15, 0.2) is 41.2 Å². The van der Waals surface area contributed by atoms with E-state index in [1.54, 1.807) is 30.3 Å². The SMILES string of the molecule is COc1ccc(C(=O)Nc2ccc3c(CCC(C)(C)C)n[nH]c(=O)c3c2)cc1OC. The minimum atomic E-state index is -0.311. The molecule has 7 nitrogen and oxygen atoms in total. The van der Waals surface area contributed by atoms with E-state index in [9.17, 15) is 9.59 Å². The molecule has 2 N–H and O–H groups in total. The molecule has 0 bridgehead atoms. The zero-order valence-corrected chi connectivity index (χ0v) is 18.0. The number of fused-ring (bicyclic) bond motifs is 1. The van der Waals surface area contributed by atoms with E-state index in [1.165, 1.54) is 14.2 Å². The molecule has 0 aliphatic rings. The highest BCUT2D eigenvalue weighted by atomic mass is 16.5. The summed E-state index contributed by atoms with van der Waals surface area (Å²) in [4.78, 5) is 25.0. The summed E-state index contributed by atoms with van der Waals surface area (Å²) in [6.45, 7) is 6.51. The second-order valence-corrected chi connectivity index (χ2v) is 8.34. The Bertz CT molecular complexity index is 1130. The Balaban J connectivity index is 1.88. The third-order valence-electron chi connectivity index (χ3n) is 4.88. The highest BCUT2D eigenvalue weighted by molar-refractivity contribution is 6.05. The van der Waals surface area contributed by atoms with E-state index < -0.39 is 0 Å². The maximum Gasteiger partial charge on any atom is 0.272 e. The van der Waals surface area contributed by atoms with Gasteiger partial charge in [-0.15, -0.1) is 0 Å². The van der Waals surface area contributed by atoms with Crippen molar-refractivity contribution in [3.63, 3.8) is 0 Å². The summed E-state index contributed by atoms with van der Waals surface area (Å²) in [5.74, 6) is 0.699. The van der Waals surface area contributed by atoms with Crippen molar-refractivity contribution in [3.8, 4) is 11.5 Å². The Morgan fingerprint density at radius 2 is 1.77 bits per heavy atom. The number of rotatable bonds is 6. The average molecular weight is 409 g/mol. The van der Waals surface area contributed by atoms with Crippen molar-refractivity contribution in [2.24, 2.45) is 5.41 Å². The standard InChI is InChI=1S/C23H27N3O4/c1-23(2,3)11-10-18-16-8-7-15(13-17(16)22(28)26-25-18)24-21(27)14-6-9-19(29-4)20(12-14)30-5/h6-9,12-13H,10-11H2,1-5H3,(H,24,27)(H,26,28). The number of amides is 1. The predicted molar refractivity (Wildman–Crippen MR) is 118 cm³/mol. The number of hydrogen-bond donors (Lipinski definition) is 2. The minimum Gasteiger partial charge on any atom is -0.493 e. The van der Waals surface area contributed by atoms with Crippen molar-refractivity contribution in [1.82, 2.24) is 10.2 Å². The number of methoxy groups -OCH3 is 2. The first-order chi connectivity index (χ1) is 14.2. The molecule has 0 fully saturated rings. The van der Waals surface area contributed by atoms with Gasteiger partial charge < -0.3 is 14.8 Å². The number of ether oxygens (including phenoxy) is 2. The minimum absolute atomic E-state index is 0.164. The summed E-state index contributed by atoms with van der Waals surface area (Å²) in [7, 11) is 3.05. The van der Waals surface area contributed by atoms with Gasteiger partial charge in [0.1, 0.15) is 0 Å². The third-order valence-corrected chi connectivity index (χ3v) is 4.88. The van der Waals surface area contributed by atoms with Crippen LogP contribution in [-0.4, -0.2) is 30.3 Å². The molecule has 30 heavy (non-hydrogen) atoms. The zero-order valence-electron chi connectivity index (χ0n) is 18.0. The molecule has 3 aromatic rings. The van der Waals surface area contributed by atoms with E-state index in [-0.39, 0.29) is 16.9 Å². The molecule has 0 saturated heterocycles. The third kappa shape index (κ3) is 4.79. The number of aromatic nitrogens is 2. The second-order valence-electron chi connectivity index (χ2n) is 8.34. The van der Waals surface area contributed by atoms with Crippen LogP contribution in [0.25, 0.3) is 10.8 Å². The molecule has 7 heteroatoms. The summed E-state index contributed by atoms with van der Waals surface area (Å²) in [6, 6.07) is 10.2. The topological polar surface area (TPSA) is 93.3 Å². The van der Waals surface area contributed by atoms with Crippen LogP contribution in [0.1, 0.15) is 43.2 Å². The lowest BCUT2D eigenvalue weighted by atomic mass is 9.89. The van der Waals surface area contributed by atoms with Gasteiger partial charge in [0.2, 0.25) is 0 Å². The first kappa shape index (κ1) is 21.4. The number of aryl methyl sites for hydroxylation is 1. The van der Waals surface area contributed by atoms with Gasteiger partial charge in [-0.05, 0) is 48.6 Å². The maximum absolute atomic E-state index is 12.7. The van der Waals surface area contributed by atoms with Gasteiger partial charge >= 0.3 is 0 Å². The van der Waals surface area contributed by atoms with Gasteiger partial charge in [0.15, 0.2) is 11.5 Å². The predicted octanol–water partition coefficient (Wildman–Crippen LogP) is 4.17. The highest BCUT2D eigenvalue weighted by Gasteiger charge is 2.15. The Morgan fingerprint density at radius 1 is 1.03 bits per heavy atom. The molecule has 0 aliphatic heterocycles. The monoisotopic (exact) mass is 409 g/mol. The van der Waals surface area contributed by atoms with Crippen molar-refractivity contribution < 1.29 is 14.3 Å². The first-order valence-electron chi connectivity index (χ1n) is 9.76. The number of nitrogens with zero attached hydrogens (tertiary/aromatic N) is 1. The van der Waals surface area contributed by atoms with Crippen LogP contribution in [0, 0.1) is 5.41 Å². The molecule has 0 saturated carbocycles. The number of H-pyrrole nitrogens is 1. The molecule has 0 aliphatic carbocycles. The van der Waals surface area contributed by atoms with Crippen molar-refractivity contribution in [2.45, 2.75) is 33.6 Å². The maximum atomic E-state index is 12.7. The largest absolute Gasteiger partial charge is 0.493 e. The Labute approximate surface area is 175 Å². The smallest absolute Gasteiger partial charge is 0.272 e. The van der Waals surface area contributed by atoms with E-state index in [0.29, 0.717) is 28.1 Å². The summed E-state index contributed by atoms with van der Waals surface area (Å²) in [6.07, 6.45) is 1.70. The molecule has 1 amide bonds. The number of nitrogens with one attached hydrogen (secondary N) is 2. The number of aromatic amines is 1. The second kappa shape index (κ2) is 8.57.